The van der Waals surface area contributed by atoms with E-state index in [0.29, 0.717) is 6.61 Å². The Balaban J connectivity index is 0. The maximum atomic E-state index is 11.8. The van der Waals surface area contributed by atoms with Crippen molar-refractivity contribution in [1.82, 2.24) is 0 Å². The summed E-state index contributed by atoms with van der Waals surface area (Å²) in [4.78, 5) is 10.9. The fraction of sp³-hybridized carbons (Fsp3) is 0.600. The van der Waals surface area contributed by atoms with E-state index in [-0.39, 0.29) is 42.8 Å². The van der Waals surface area contributed by atoms with E-state index in [1.165, 1.54) is 18.3 Å². The van der Waals surface area contributed by atoms with Crippen molar-refractivity contribution in [3.05, 3.63) is 18.3 Å². The fourth-order valence-electron chi connectivity index (χ4n) is 0.901. The number of allylic oxidation sites excluding steroid dienone is 1. The second-order valence-electron chi connectivity index (χ2n) is 2.64. The molecule has 0 aromatic rings. The molecule has 0 amide bonds. The Morgan fingerprint density at radius 1 is 1.18 bits per heavy atom. The van der Waals surface area contributed by atoms with Crippen LogP contribution in [0.2, 0.25) is 0 Å². The van der Waals surface area contributed by atoms with Gasteiger partial charge in [0, 0.05) is 0 Å². The summed E-state index contributed by atoms with van der Waals surface area (Å²) in [5, 5.41) is 0. The van der Waals surface area contributed by atoms with Crippen LogP contribution in [-0.4, -0.2) is 25.8 Å². The third-order valence-electron chi connectivity index (χ3n) is 1.41. The molecule has 0 heterocycles. The first-order valence-corrected chi connectivity index (χ1v) is 6.77. The van der Waals surface area contributed by atoms with Crippen molar-refractivity contribution in [2.24, 2.45) is 0 Å². The summed E-state index contributed by atoms with van der Waals surface area (Å²) in [6.45, 7) is 6.00. The first kappa shape index (κ1) is 19.6. The number of ether oxygens (including phenoxy) is 1. The summed E-state index contributed by atoms with van der Waals surface area (Å²) in [6.07, 6.45) is 3.75. The molecule has 0 rings (SSSR count). The molecule has 7 heteroatoms. The van der Waals surface area contributed by atoms with Gasteiger partial charge in [0.15, 0.2) is 0 Å². The Morgan fingerprint density at radius 3 is 2.12 bits per heavy atom. The molecule has 0 aliphatic heterocycles. The van der Waals surface area contributed by atoms with Crippen molar-refractivity contribution < 1.29 is 52.7 Å². The molecule has 0 aliphatic carbocycles. The minimum Gasteiger partial charge on any atom is -0.476 e. The third kappa shape index (κ3) is 9.89. The van der Waals surface area contributed by atoms with Crippen LogP contribution in [0.1, 0.15) is 20.8 Å². The minimum absolute atomic E-state index is 0. The van der Waals surface area contributed by atoms with Crippen LogP contribution in [0.3, 0.4) is 0 Å². The van der Waals surface area contributed by atoms with Crippen molar-refractivity contribution in [3.63, 3.8) is 0 Å². The number of carbonyl (C=O) groups excluding carboxylic acids is 1. The molecule has 0 bridgehead atoms. The van der Waals surface area contributed by atoms with Crippen molar-refractivity contribution in [3.8, 4) is 0 Å². The Morgan fingerprint density at radius 2 is 1.71 bits per heavy atom. The van der Waals surface area contributed by atoms with Crippen molar-refractivity contribution >= 4 is 13.6 Å². The van der Waals surface area contributed by atoms with Gasteiger partial charge in [0.05, 0.1) is 19.8 Å². The van der Waals surface area contributed by atoms with Gasteiger partial charge >= 0.3 is 29.6 Å². The number of hydrogen-bond acceptors (Lipinski definition) is 5. The summed E-state index contributed by atoms with van der Waals surface area (Å²) in [7, 11) is -3.21. The smallest absolute Gasteiger partial charge is 0.476 e. The van der Waals surface area contributed by atoms with Crippen LogP contribution in [0.5, 0.6) is 0 Å². The van der Waals surface area contributed by atoms with Gasteiger partial charge < -0.3 is 13.8 Å². The standard InChI is InChI=1S/C10H18O5P.Na/c1-4-13-10(11)8-7-9-16(12,14-5-2)15-6-3;/h7-9H,4-6H2,1-3H3;/q-1;+1/b8-7+;. The molecule has 0 aromatic carbocycles. The molecule has 0 atom stereocenters. The number of carbonyl (C=O) groups is 1. The molecular formula is C10H18NaO5P. The average Bonchev–Trinajstić information content (AvgIpc) is 2.18. The van der Waals surface area contributed by atoms with Gasteiger partial charge in [-0.15, -0.1) is 12.2 Å². The van der Waals surface area contributed by atoms with Gasteiger partial charge in [-0.3, -0.25) is 9.36 Å². The molecule has 0 saturated carbocycles. The molecule has 0 radical (unpaired) electrons. The molecule has 0 aliphatic rings. The van der Waals surface area contributed by atoms with Gasteiger partial charge in [-0.25, -0.2) is 6.08 Å². The van der Waals surface area contributed by atoms with Crippen molar-refractivity contribution in [2.75, 3.05) is 19.8 Å². The topological polar surface area (TPSA) is 61.8 Å². The van der Waals surface area contributed by atoms with Crippen LogP contribution >= 0.6 is 7.60 Å². The molecule has 0 aromatic heterocycles. The number of rotatable bonds is 8. The second-order valence-corrected chi connectivity index (χ2v) is 4.53. The zero-order valence-electron chi connectivity index (χ0n) is 10.8. The van der Waals surface area contributed by atoms with E-state index in [1.54, 1.807) is 20.8 Å². The molecule has 17 heavy (non-hydrogen) atoms. The summed E-state index contributed by atoms with van der Waals surface area (Å²) in [5.41, 5.74) is 0. The number of hydrogen-bond donors (Lipinski definition) is 0. The molecule has 0 spiro atoms. The van der Waals surface area contributed by atoms with E-state index < -0.39 is 13.6 Å². The molecule has 5 nitrogen and oxygen atoms in total. The SMILES string of the molecule is CCOC(=O)/C=C/[CH-]P(=O)(OCC)OCC.[Na+]. The fourth-order valence-corrected chi connectivity index (χ4v) is 2.16. The van der Waals surface area contributed by atoms with Crippen LogP contribution in [-0.2, 0) is 23.1 Å². The maximum Gasteiger partial charge on any atom is 1.00 e. The van der Waals surface area contributed by atoms with Crippen LogP contribution in [0, 0.1) is 6.16 Å². The summed E-state index contributed by atoms with van der Waals surface area (Å²) in [5.74, 6) is -0.488. The normalized spacial score (nSPS) is 11.0. The van der Waals surface area contributed by atoms with Gasteiger partial charge in [0.2, 0.25) is 5.97 Å². The Hall–Kier alpha value is 0.230. The molecule has 0 N–H and O–H groups in total. The van der Waals surface area contributed by atoms with Crippen LogP contribution < -0.4 is 29.6 Å². The molecule has 94 valence electrons. The molecule has 0 saturated heterocycles. The zero-order chi connectivity index (χ0) is 12.4. The zero-order valence-corrected chi connectivity index (χ0v) is 13.7. The van der Waals surface area contributed by atoms with Crippen molar-refractivity contribution in [2.45, 2.75) is 20.8 Å². The van der Waals surface area contributed by atoms with E-state index in [0.717, 1.165) is 0 Å². The van der Waals surface area contributed by atoms with E-state index in [4.69, 9.17) is 9.05 Å². The summed E-state index contributed by atoms with van der Waals surface area (Å²) < 4.78 is 26.5. The molecular weight excluding hydrogens is 254 g/mol. The van der Waals surface area contributed by atoms with Crippen LogP contribution in [0.4, 0.5) is 0 Å². The molecule has 0 unspecified atom stereocenters. The Bertz CT molecular complexity index is 270. The first-order chi connectivity index (χ1) is 7.58. The van der Waals surface area contributed by atoms with Gasteiger partial charge in [-0.05, 0) is 20.8 Å². The van der Waals surface area contributed by atoms with E-state index in [9.17, 15) is 9.36 Å². The van der Waals surface area contributed by atoms with Gasteiger partial charge in [0.25, 0.3) is 7.60 Å². The van der Waals surface area contributed by atoms with Crippen molar-refractivity contribution in [1.29, 1.82) is 0 Å². The Kier molecular flexibility index (Phi) is 13.0. The summed E-state index contributed by atoms with van der Waals surface area (Å²) in [6, 6.07) is 0. The van der Waals surface area contributed by atoms with Gasteiger partial charge in [0.1, 0.15) is 0 Å². The minimum atomic E-state index is -3.21. The quantitative estimate of drug-likeness (QED) is 0.197. The number of esters is 1. The van der Waals surface area contributed by atoms with Gasteiger partial charge in [-0.1, -0.05) is 0 Å². The second kappa shape index (κ2) is 11.3. The monoisotopic (exact) mass is 272 g/mol. The van der Waals surface area contributed by atoms with Crippen LogP contribution in [0.15, 0.2) is 12.2 Å². The predicted octanol–water partition coefficient (Wildman–Crippen LogP) is -0.462. The predicted molar refractivity (Wildman–Crippen MR) is 60.9 cm³/mol. The Labute approximate surface area is 125 Å². The van der Waals surface area contributed by atoms with E-state index in [1.807, 2.05) is 0 Å². The summed E-state index contributed by atoms with van der Waals surface area (Å²) >= 11 is 0. The van der Waals surface area contributed by atoms with Crippen LogP contribution in [0.25, 0.3) is 0 Å². The average molecular weight is 272 g/mol. The first-order valence-electron chi connectivity index (χ1n) is 5.16. The van der Waals surface area contributed by atoms with E-state index >= 15 is 0 Å². The molecule has 0 fully saturated rings. The van der Waals surface area contributed by atoms with E-state index in [2.05, 4.69) is 4.74 Å². The maximum absolute atomic E-state index is 11.8. The third-order valence-corrected chi connectivity index (χ3v) is 3.18. The van der Waals surface area contributed by atoms with Gasteiger partial charge in [-0.2, -0.15) is 0 Å². The largest absolute Gasteiger partial charge is 1.00 e.